The van der Waals surface area contributed by atoms with Gasteiger partial charge in [-0.05, 0) is 17.0 Å². The van der Waals surface area contributed by atoms with Crippen LogP contribution in [0.5, 0.6) is 0 Å². The molecule has 1 rings (SSSR count). The minimum absolute atomic E-state index is 0.247. The molecule has 0 spiro atoms. The average molecular weight is 279 g/mol. The first-order valence-corrected chi connectivity index (χ1v) is 6.86. The highest BCUT2D eigenvalue weighted by molar-refractivity contribution is 8.02. The third-order valence-electron chi connectivity index (χ3n) is 2.28. The summed E-state index contributed by atoms with van der Waals surface area (Å²) in [6, 6.07) is 9.23. The lowest BCUT2D eigenvalue weighted by Crippen LogP contribution is -2.42. The maximum atomic E-state index is 11.4. The molecule has 19 heavy (non-hydrogen) atoms. The Labute approximate surface area is 117 Å². The fourth-order valence-electron chi connectivity index (χ4n) is 1.40. The van der Waals surface area contributed by atoms with Crippen molar-refractivity contribution in [2.24, 2.45) is 0 Å². The summed E-state index contributed by atoms with van der Waals surface area (Å²) in [6.07, 6.45) is 1.95. The summed E-state index contributed by atoms with van der Waals surface area (Å²) in [5, 5.41) is 4.46. The van der Waals surface area contributed by atoms with E-state index in [4.69, 9.17) is 0 Å². The van der Waals surface area contributed by atoms with E-state index in [1.165, 1.54) is 25.8 Å². The van der Waals surface area contributed by atoms with Crippen molar-refractivity contribution in [1.82, 2.24) is 5.32 Å². The van der Waals surface area contributed by atoms with E-state index < -0.39 is 12.0 Å². The van der Waals surface area contributed by atoms with Gasteiger partial charge in [-0.2, -0.15) is 0 Å². The van der Waals surface area contributed by atoms with Crippen LogP contribution in [0.3, 0.4) is 0 Å². The van der Waals surface area contributed by atoms with Gasteiger partial charge >= 0.3 is 5.97 Å². The zero-order valence-corrected chi connectivity index (χ0v) is 11.8. The average Bonchev–Trinajstić information content (AvgIpc) is 2.42. The van der Waals surface area contributed by atoms with Crippen LogP contribution in [0, 0.1) is 0 Å². The molecule has 4 nitrogen and oxygen atoms in total. The van der Waals surface area contributed by atoms with Crippen LogP contribution in [0.2, 0.25) is 0 Å². The third-order valence-corrected chi connectivity index (χ3v) is 3.14. The molecule has 0 aliphatic heterocycles. The fraction of sp³-hybridized carbons (Fsp3) is 0.286. The number of thioether (sulfide) groups is 1. The molecule has 0 saturated carbocycles. The maximum Gasteiger partial charge on any atom is 0.329 e. The number of nitrogens with one attached hydrogen (secondary N) is 1. The Kier molecular flexibility index (Phi) is 6.74. The molecule has 0 heterocycles. The summed E-state index contributed by atoms with van der Waals surface area (Å²) in [5.41, 5.74) is 1.09. The number of methoxy groups -OCH3 is 1. The molecule has 0 radical (unpaired) electrons. The molecule has 1 amide bonds. The van der Waals surface area contributed by atoms with E-state index in [-0.39, 0.29) is 5.91 Å². The normalized spacial score (nSPS) is 12.1. The van der Waals surface area contributed by atoms with Gasteiger partial charge < -0.3 is 10.1 Å². The van der Waals surface area contributed by atoms with E-state index in [1.54, 1.807) is 0 Å². The van der Waals surface area contributed by atoms with Crippen LogP contribution in [-0.4, -0.2) is 30.8 Å². The maximum absolute atomic E-state index is 11.4. The number of carbonyl (C=O) groups excluding carboxylic acids is 2. The SMILES string of the molecule is COC(=O)[C@H](CS/C=C/c1ccccc1)NC(C)=O. The summed E-state index contributed by atoms with van der Waals surface area (Å²) in [4.78, 5) is 22.4. The van der Waals surface area contributed by atoms with Gasteiger partial charge in [0.2, 0.25) is 5.91 Å². The Morgan fingerprint density at radius 2 is 2.05 bits per heavy atom. The van der Waals surface area contributed by atoms with E-state index >= 15 is 0 Å². The van der Waals surface area contributed by atoms with Gasteiger partial charge in [-0.3, -0.25) is 4.79 Å². The van der Waals surface area contributed by atoms with Crippen LogP contribution < -0.4 is 5.32 Å². The van der Waals surface area contributed by atoms with Crippen molar-refractivity contribution in [1.29, 1.82) is 0 Å². The molecule has 102 valence electrons. The van der Waals surface area contributed by atoms with Gasteiger partial charge in [0.05, 0.1) is 7.11 Å². The topological polar surface area (TPSA) is 55.4 Å². The summed E-state index contributed by atoms with van der Waals surface area (Å²) < 4.78 is 4.64. The van der Waals surface area contributed by atoms with E-state index in [0.717, 1.165) is 5.56 Å². The molecule has 1 atom stereocenters. The summed E-state index contributed by atoms with van der Waals surface area (Å²) >= 11 is 1.45. The number of rotatable bonds is 6. The summed E-state index contributed by atoms with van der Waals surface area (Å²) in [6.45, 7) is 1.38. The second-order valence-electron chi connectivity index (χ2n) is 3.82. The van der Waals surface area contributed by atoms with Gasteiger partial charge in [-0.15, -0.1) is 11.8 Å². The Hall–Kier alpha value is -1.75. The van der Waals surface area contributed by atoms with Crippen LogP contribution >= 0.6 is 11.8 Å². The van der Waals surface area contributed by atoms with Crippen molar-refractivity contribution in [3.05, 3.63) is 41.3 Å². The van der Waals surface area contributed by atoms with E-state index in [1.807, 2.05) is 41.8 Å². The van der Waals surface area contributed by atoms with E-state index in [9.17, 15) is 9.59 Å². The predicted molar refractivity (Wildman–Crippen MR) is 77.6 cm³/mol. The predicted octanol–water partition coefficient (Wildman–Crippen LogP) is 2.07. The van der Waals surface area contributed by atoms with Crippen molar-refractivity contribution in [3.8, 4) is 0 Å². The molecule has 0 unspecified atom stereocenters. The van der Waals surface area contributed by atoms with Crippen LogP contribution in [0.4, 0.5) is 0 Å². The molecule has 0 fully saturated rings. The minimum Gasteiger partial charge on any atom is -0.467 e. The van der Waals surface area contributed by atoms with Gasteiger partial charge in [-0.25, -0.2) is 4.79 Å². The van der Waals surface area contributed by atoms with Crippen LogP contribution in [0.25, 0.3) is 6.08 Å². The molecule has 1 N–H and O–H groups in total. The third kappa shape index (κ3) is 6.10. The number of amides is 1. The Balaban J connectivity index is 2.46. The quantitative estimate of drug-likeness (QED) is 0.810. The van der Waals surface area contributed by atoms with Crippen molar-refractivity contribution in [3.63, 3.8) is 0 Å². The molecular weight excluding hydrogens is 262 g/mol. The first kappa shape index (κ1) is 15.3. The van der Waals surface area contributed by atoms with E-state index in [2.05, 4.69) is 10.1 Å². The van der Waals surface area contributed by atoms with Crippen molar-refractivity contribution < 1.29 is 14.3 Å². The van der Waals surface area contributed by atoms with Gasteiger partial charge in [0, 0.05) is 12.7 Å². The molecule has 5 heteroatoms. The number of esters is 1. The number of carbonyl (C=O) groups is 2. The lowest BCUT2D eigenvalue weighted by molar-refractivity contribution is -0.144. The van der Waals surface area contributed by atoms with Gasteiger partial charge in [0.1, 0.15) is 6.04 Å². The Morgan fingerprint density at radius 3 is 2.63 bits per heavy atom. The molecular formula is C14H17NO3S. The molecule has 0 aromatic heterocycles. The zero-order chi connectivity index (χ0) is 14.1. The highest BCUT2D eigenvalue weighted by Gasteiger charge is 2.19. The number of hydrogen-bond acceptors (Lipinski definition) is 4. The number of benzene rings is 1. The van der Waals surface area contributed by atoms with Crippen molar-refractivity contribution in [2.45, 2.75) is 13.0 Å². The van der Waals surface area contributed by atoms with Gasteiger partial charge in [0.15, 0.2) is 0 Å². The lowest BCUT2D eigenvalue weighted by Gasteiger charge is -2.13. The molecule has 0 aliphatic carbocycles. The van der Waals surface area contributed by atoms with Crippen LogP contribution in [-0.2, 0) is 14.3 Å². The Bertz CT molecular complexity index is 445. The molecule has 1 aromatic rings. The second kappa shape index (κ2) is 8.37. The first-order valence-electron chi connectivity index (χ1n) is 5.81. The summed E-state index contributed by atoms with van der Waals surface area (Å²) in [7, 11) is 1.31. The van der Waals surface area contributed by atoms with Gasteiger partial charge in [0.25, 0.3) is 0 Å². The fourth-order valence-corrected chi connectivity index (χ4v) is 2.18. The molecule has 1 aromatic carbocycles. The largest absolute Gasteiger partial charge is 0.467 e. The minimum atomic E-state index is -0.618. The van der Waals surface area contributed by atoms with Crippen molar-refractivity contribution >= 4 is 29.7 Å². The second-order valence-corrected chi connectivity index (χ2v) is 4.76. The standard InChI is InChI=1S/C14H17NO3S/c1-11(16)15-13(14(17)18-2)10-19-9-8-12-6-4-3-5-7-12/h3-9,13H,10H2,1-2H3,(H,15,16)/b9-8+/t13-/m0/s1. The smallest absolute Gasteiger partial charge is 0.329 e. The Morgan fingerprint density at radius 1 is 1.37 bits per heavy atom. The number of hydrogen-bond donors (Lipinski definition) is 1. The highest BCUT2D eigenvalue weighted by atomic mass is 32.2. The molecule has 0 aliphatic rings. The van der Waals surface area contributed by atoms with Crippen LogP contribution in [0.1, 0.15) is 12.5 Å². The highest BCUT2D eigenvalue weighted by Crippen LogP contribution is 2.10. The molecule has 0 bridgehead atoms. The molecule has 0 saturated heterocycles. The van der Waals surface area contributed by atoms with Crippen molar-refractivity contribution in [2.75, 3.05) is 12.9 Å². The van der Waals surface area contributed by atoms with E-state index in [0.29, 0.717) is 5.75 Å². The summed E-state index contributed by atoms with van der Waals surface area (Å²) in [5.74, 6) is -0.242. The zero-order valence-electron chi connectivity index (χ0n) is 11.0. The van der Waals surface area contributed by atoms with Gasteiger partial charge in [-0.1, -0.05) is 30.3 Å². The van der Waals surface area contributed by atoms with Crippen LogP contribution in [0.15, 0.2) is 35.7 Å². The first-order chi connectivity index (χ1) is 9.13. The number of ether oxygens (including phenoxy) is 1. The monoisotopic (exact) mass is 279 g/mol. The lowest BCUT2D eigenvalue weighted by atomic mass is 10.2.